The molecule has 4 rings (SSSR count). The van der Waals surface area contributed by atoms with Crippen LogP contribution in [-0.2, 0) is 0 Å². The van der Waals surface area contributed by atoms with Crippen LogP contribution in [0.4, 0.5) is 0 Å². The van der Waals surface area contributed by atoms with Crippen LogP contribution >= 0.6 is 0 Å². The van der Waals surface area contributed by atoms with Gasteiger partial charge in [-0.3, -0.25) is 4.90 Å². The van der Waals surface area contributed by atoms with Gasteiger partial charge in [0.2, 0.25) is 0 Å². The van der Waals surface area contributed by atoms with Crippen LogP contribution in [0.5, 0.6) is 0 Å². The SMILES string of the molecule is CCCN(C1CCCNC1)C1CN2CCC1CC2. The molecule has 4 saturated heterocycles. The Morgan fingerprint density at radius 2 is 2.06 bits per heavy atom. The number of nitrogens with zero attached hydrogens (tertiary/aromatic N) is 2. The van der Waals surface area contributed by atoms with E-state index in [2.05, 4.69) is 22.0 Å². The van der Waals surface area contributed by atoms with Crippen molar-refractivity contribution in [3.8, 4) is 0 Å². The van der Waals surface area contributed by atoms with Crippen molar-refractivity contribution >= 4 is 0 Å². The summed E-state index contributed by atoms with van der Waals surface area (Å²) in [4.78, 5) is 5.58. The first-order valence-corrected chi connectivity index (χ1v) is 8.07. The minimum Gasteiger partial charge on any atom is -0.315 e. The van der Waals surface area contributed by atoms with Crippen molar-refractivity contribution in [3.63, 3.8) is 0 Å². The van der Waals surface area contributed by atoms with Crippen molar-refractivity contribution in [1.29, 1.82) is 0 Å². The second kappa shape index (κ2) is 5.89. The fourth-order valence-corrected chi connectivity index (χ4v) is 4.30. The zero-order valence-electron chi connectivity index (χ0n) is 11.9. The van der Waals surface area contributed by atoms with Crippen molar-refractivity contribution in [1.82, 2.24) is 15.1 Å². The Labute approximate surface area is 112 Å². The maximum absolute atomic E-state index is 3.60. The first-order valence-electron chi connectivity index (χ1n) is 8.07. The van der Waals surface area contributed by atoms with E-state index in [4.69, 9.17) is 0 Å². The molecular formula is C15H29N3. The summed E-state index contributed by atoms with van der Waals surface area (Å²) in [6.07, 6.45) is 6.98. The lowest BCUT2D eigenvalue weighted by Gasteiger charge is -2.51. The summed E-state index contributed by atoms with van der Waals surface area (Å²) in [5.74, 6) is 0.989. The summed E-state index contributed by atoms with van der Waals surface area (Å²) in [6, 6.07) is 1.67. The van der Waals surface area contributed by atoms with E-state index in [1.807, 2.05) is 0 Å². The molecule has 3 heteroatoms. The summed E-state index contributed by atoms with van der Waals surface area (Å²) >= 11 is 0. The molecule has 4 fully saturated rings. The van der Waals surface area contributed by atoms with Gasteiger partial charge in [-0.25, -0.2) is 0 Å². The second-order valence-corrected chi connectivity index (χ2v) is 6.44. The highest BCUT2D eigenvalue weighted by atomic mass is 15.3. The molecule has 4 heterocycles. The molecule has 2 bridgehead atoms. The lowest BCUT2D eigenvalue weighted by Crippen LogP contribution is -2.61. The Morgan fingerprint density at radius 1 is 1.22 bits per heavy atom. The zero-order valence-corrected chi connectivity index (χ0v) is 11.9. The second-order valence-electron chi connectivity index (χ2n) is 6.44. The molecule has 4 aliphatic rings. The standard InChI is InChI=1S/C15H29N3/c1-2-8-18(14-4-3-7-16-11-14)15-12-17-9-5-13(15)6-10-17/h13-16H,2-12H2,1H3. The Morgan fingerprint density at radius 3 is 2.61 bits per heavy atom. The molecule has 0 amide bonds. The topological polar surface area (TPSA) is 18.5 Å². The zero-order chi connectivity index (χ0) is 12.4. The summed E-state index contributed by atoms with van der Waals surface area (Å²) < 4.78 is 0. The van der Waals surface area contributed by atoms with E-state index in [1.54, 1.807) is 0 Å². The van der Waals surface area contributed by atoms with E-state index in [1.165, 1.54) is 71.4 Å². The lowest BCUT2D eigenvalue weighted by atomic mass is 9.82. The molecule has 0 radical (unpaired) electrons. The minimum atomic E-state index is 0.809. The predicted molar refractivity (Wildman–Crippen MR) is 75.8 cm³/mol. The highest BCUT2D eigenvalue weighted by Crippen LogP contribution is 2.32. The van der Waals surface area contributed by atoms with Crippen LogP contribution in [0.2, 0.25) is 0 Å². The monoisotopic (exact) mass is 251 g/mol. The predicted octanol–water partition coefficient (Wildman–Crippen LogP) is 1.54. The fraction of sp³-hybridized carbons (Fsp3) is 1.00. The molecule has 0 aromatic rings. The van der Waals surface area contributed by atoms with Crippen molar-refractivity contribution in [2.75, 3.05) is 39.3 Å². The van der Waals surface area contributed by atoms with Crippen LogP contribution in [0.15, 0.2) is 0 Å². The highest BCUT2D eigenvalue weighted by Gasteiger charge is 2.39. The maximum atomic E-state index is 3.60. The van der Waals surface area contributed by atoms with E-state index in [0.29, 0.717) is 0 Å². The summed E-state index contributed by atoms with van der Waals surface area (Å²) in [7, 11) is 0. The highest BCUT2D eigenvalue weighted by molar-refractivity contribution is 4.95. The van der Waals surface area contributed by atoms with Gasteiger partial charge in [0.15, 0.2) is 0 Å². The van der Waals surface area contributed by atoms with Crippen molar-refractivity contribution < 1.29 is 0 Å². The summed E-state index contributed by atoms with van der Waals surface area (Å²) in [5.41, 5.74) is 0. The van der Waals surface area contributed by atoms with E-state index < -0.39 is 0 Å². The Balaban J connectivity index is 1.68. The van der Waals surface area contributed by atoms with Gasteiger partial charge in [0.05, 0.1) is 0 Å². The smallest absolute Gasteiger partial charge is 0.0255 e. The number of nitrogens with one attached hydrogen (secondary N) is 1. The third kappa shape index (κ3) is 2.59. The molecule has 0 aromatic carbocycles. The number of hydrogen-bond donors (Lipinski definition) is 1. The third-order valence-electron chi connectivity index (χ3n) is 5.27. The molecule has 104 valence electrons. The van der Waals surface area contributed by atoms with Gasteiger partial charge in [-0.15, -0.1) is 0 Å². The first kappa shape index (κ1) is 12.9. The molecule has 0 saturated carbocycles. The van der Waals surface area contributed by atoms with Gasteiger partial charge in [0.1, 0.15) is 0 Å². The van der Waals surface area contributed by atoms with Gasteiger partial charge >= 0.3 is 0 Å². The molecule has 2 atom stereocenters. The quantitative estimate of drug-likeness (QED) is 0.818. The van der Waals surface area contributed by atoms with Gasteiger partial charge in [-0.1, -0.05) is 6.92 Å². The molecule has 18 heavy (non-hydrogen) atoms. The van der Waals surface area contributed by atoms with Gasteiger partial charge in [0, 0.05) is 25.2 Å². The Bertz CT molecular complexity index is 254. The van der Waals surface area contributed by atoms with Crippen molar-refractivity contribution in [2.45, 2.75) is 51.1 Å². The van der Waals surface area contributed by atoms with Gasteiger partial charge in [-0.2, -0.15) is 0 Å². The molecule has 0 aromatic heterocycles. The molecule has 4 aliphatic heterocycles. The number of fused-ring (bicyclic) bond motifs is 3. The van der Waals surface area contributed by atoms with Crippen LogP contribution in [-0.4, -0.2) is 61.2 Å². The van der Waals surface area contributed by atoms with Crippen LogP contribution < -0.4 is 5.32 Å². The van der Waals surface area contributed by atoms with Crippen LogP contribution in [0.3, 0.4) is 0 Å². The minimum absolute atomic E-state index is 0.809. The van der Waals surface area contributed by atoms with E-state index in [-0.39, 0.29) is 0 Å². The molecule has 2 unspecified atom stereocenters. The normalized spacial score (nSPS) is 40.3. The van der Waals surface area contributed by atoms with Crippen LogP contribution in [0, 0.1) is 5.92 Å². The number of piperidine rings is 4. The third-order valence-corrected chi connectivity index (χ3v) is 5.27. The maximum Gasteiger partial charge on any atom is 0.0255 e. The van der Waals surface area contributed by atoms with Gasteiger partial charge in [0.25, 0.3) is 0 Å². The first-order chi connectivity index (χ1) is 8.88. The van der Waals surface area contributed by atoms with Gasteiger partial charge < -0.3 is 10.2 Å². The molecule has 3 nitrogen and oxygen atoms in total. The molecule has 1 N–H and O–H groups in total. The average molecular weight is 251 g/mol. The van der Waals surface area contributed by atoms with E-state index in [0.717, 1.165) is 18.0 Å². The summed E-state index contributed by atoms with van der Waals surface area (Å²) in [6.45, 7) is 10.2. The largest absolute Gasteiger partial charge is 0.315 e. The van der Waals surface area contributed by atoms with E-state index in [9.17, 15) is 0 Å². The van der Waals surface area contributed by atoms with E-state index >= 15 is 0 Å². The van der Waals surface area contributed by atoms with Crippen molar-refractivity contribution in [2.24, 2.45) is 5.92 Å². The molecule has 0 spiro atoms. The molecule has 0 aliphatic carbocycles. The van der Waals surface area contributed by atoms with Gasteiger partial charge in [-0.05, 0) is 64.2 Å². The average Bonchev–Trinajstić information content (AvgIpc) is 2.47. The van der Waals surface area contributed by atoms with Crippen LogP contribution in [0.25, 0.3) is 0 Å². The van der Waals surface area contributed by atoms with Crippen LogP contribution in [0.1, 0.15) is 39.0 Å². The fourth-order valence-electron chi connectivity index (χ4n) is 4.30. The van der Waals surface area contributed by atoms with Crippen molar-refractivity contribution in [3.05, 3.63) is 0 Å². The number of hydrogen-bond acceptors (Lipinski definition) is 3. The Kier molecular flexibility index (Phi) is 4.22. The summed E-state index contributed by atoms with van der Waals surface area (Å²) in [5, 5.41) is 3.60. The Hall–Kier alpha value is -0.120. The lowest BCUT2D eigenvalue weighted by molar-refractivity contribution is -0.0190. The molecular weight excluding hydrogens is 222 g/mol. The number of rotatable bonds is 4.